The lowest BCUT2D eigenvalue weighted by atomic mass is 10.0. The van der Waals surface area contributed by atoms with Crippen LogP contribution in [0.4, 0.5) is 10.5 Å². The fourth-order valence-electron chi connectivity index (χ4n) is 2.09. The van der Waals surface area contributed by atoms with Crippen molar-refractivity contribution in [1.29, 1.82) is 0 Å². The normalized spacial score (nSPS) is 13.8. The molecule has 19 heavy (non-hydrogen) atoms. The van der Waals surface area contributed by atoms with Gasteiger partial charge < -0.3 is 16.4 Å². The largest absolute Gasteiger partial charge is 0.351 e. The van der Waals surface area contributed by atoms with E-state index in [-0.39, 0.29) is 0 Å². The predicted molar refractivity (Wildman–Crippen MR) is 80.1 cm³/mol. The van der Waals surface area contributed by atoms with Crippen molar-refractivity contribution in [2.24, 2.45) is 11.7 Å². The number of amides is 2. The number of benzene rings is 1. The Kier molecular flexibility index (Phi) is 6.36. The van der Waals surface area contributed by atoms with Gasteiger partial charge in [-0.25, -0.2) is 4.79 Å². The van der Waals surface area contributed by atoms with Gasteiger partial charge in [-0.15, -0.1) is 0 Å². The summed E-state index contributed by atoms with van der Waals surface area (Å²) in [5.74, 6) is 0.697. The lowest BCUT2D eigenvalue weighted by Gasteiger charge is -2.18. The molecule has 4 N–H and O–H groups in total. The summed E-state index contributed by atoms with van der Waals surface area (Å²) in [6, 6.07) is 7.52. The first-order valence-corrected chi connectivity index (χ1v) is 6.92. The molecule has 1 aromatic rings. The minimum Gasteiger partial charge on any atom is -0.351 e. The zero-order valence-corrected chi connectivity index (χ0v) is 12.1. The Labute approximate surface area is 115 Å². The number of carbonyl (C=O) groups excluding carboxylic acids is 1. The number of carbonyl (C=O) groups is 1. The van der Waals surface area contributed by atoms with Crippen molar-refractivity contribution >= 4 is 11.7 Å². The third-order valence-electron chi connectivity index (χ3n) is 3.23. The fraction of sp³-hybridized carbons (Fsp3) is 0.533. The quantitative estimate of drug-likeness (QED) is 0.706. The molecule has 0 aliphatic heterocycles. The monoisotopic (exact) mass is 263 g/mol. The van der Waals surface area contributed by atoms with Crippen molar-refractivity contribution in [2.45, 2.75) is 39.7 Å². The highest BCUT2D eigenvalue weighted by Crippen LogP contribution is 2.16. The summed E-state index contributed by atoms with van der Waals surface area (Å²) in [4.78, 5) is 10.7. The van der Waals surface area contributed by atoms with Crippen molar-refractivity contribution in [3.05, 3.63) is 29.8 Å². The van der Waals surface area contributed by atoms with E-state index < -0.39 is 6.03 Å². The van der Waals surface area contributed by atoms with E-state index in [1.165, 1.54) is 18.4 Å². The smallest absolute Gasteiger partial charge is 0.316 e. The van der Waals surface area contributed by atoms with Crippen LogP contribution in [0.3, 0.4) is 0 Å². The molecule has 0 spiro atoms. The number of urea groups is 1. The Morgan fingerprint density at radius 3 is 2.42 bits per heavy atom. The lowest BCUT2D eigenvalue weighted by molar-refractivity contribution is 0.259. The van der Waals surface area contributed by atoms with E-state index in [0.29, 0.717) is 12.0 Å². The molecule has 2 amide bonds. The molecule has 4 nitrogen and oxygen atoms in total. The SMILES string of the molecule is CCCC(C)CNC(C)c1ccc(NC(N)=O)cc1. The Hall–Kier alpha value is -1.55. The molecule has 2 unspecified atom stereocenters. The third kappa shape index (κ3) is 5.75. The van der Waals surface area contributed by atoms with Crippen LogP contribution in [-0.4, -0.2) is 12.6 Å². The van der Waals surface area contributed by atoms with Crippen LogP contribution in [0.15, 0.2) is 24.3 Å². The van der Waals surface area contributed by atoms with Gasteiger partial charge in [-0.05, 0) is 43.5 Å². The van der Waals surface area contributed by atoms with Gasteiger partial charge in [0.05, 0.1) is 0 Å². The molecule has 0 fully saturated rings. The topological polar surface area (TPSA) is 67.2 Å². The number of hydrogen-bond donors (Lipinski definition) is 3. The van der Waals surface area contributed by atoms with Crippen molar-refractivity contribution in [3.8, 4) is 0 Å². The molecule has 106 valence electrons. The second kappa shape index (κ2) is 7.79. The molecule has 0 aliphatic carbocycles. The highest BCUT2D eigenvalue weighted by atomic mass is 16.2. The highest BCUT2D eigenvalue weighted by molar-refractivity contribution is 5.87. The average Bonchev–Trinajstić information content (AvgIpc) is 2.36. The minimum absolute atomic E-state index is 0.307. The number of rotatable bonds is 7. The Balaban J connectivity index is 2.48. The van der Waals surface area contributed by atoms with Gasteiger partial charge in [-0.3, -0.25) is 0 Å². The highest BCUT2D eigenvalue weighted by Gasteiger charge is 2.07. The molecular formula is C15H25N3O. The molecule has 0 heterocycles. The maximum atomic E-state index is 10.7. The van der Waals surface area contributed by atoms with E-state index in [1.54, 1.807) is 0 Å². The average molecular weight is 263 g/mol. The van der Waals surface area contributed by atoms with Crippen molar-refractivity contribution in [3.63, 3.8) is 0 Å². The summed E-state index contributed by atoms with van der Waals surface area (Å²) in [5, 5.41) is 6.09. The molecule has 0 bridgehead atoms. The number of nitrogens with one attached hydrogen (secondary N) is 2. The molecule has 0 aliphatic rings. The first-order valence-electron chi connectivity index (χ1n) is 6.92. The molecule has 0 saturated carbocycles. The number of hydrogen-bond acceptors (Lipinski definition) is 2. The Bertz CT molecular complexity index is 389. The first kappa shape index (κ1) is 15.5. The van der Waals surface area contributed by atoms with Crippen LogP contribution >= 0.6 is 0 Å². The summed E-state index contributed by atoms with van der Waals surface area (Å²) < 4.78 is 0. The molecule has 1 rings (SSSR count). The maximum Gasteiger partial charge on any atom is 0.316 e. The van der Waals surface area contributed by atoms with Crippen LogP contribution in [0.25, 0.3) is 0 Å². The van der Waals surface area contributed by atoms with Crippen LogP contribution < -0.4 is 16.4 Å². The number of nitrogens with two attached hydrogens (primary N) is 1. The first-order chi connectivity index (χ1) is 9.02. The van der Waals surface area contributed by atoms with Crippen LogP contribution in [0, 0.1) is 5.92 Å². The van der Waals surface area contributed by atoms with E-state index in [1.807, 2.05) is 24.3 Å². The molecule has 1 aromatic carbocycles. The van der Waals surface area contributed by atoms with Crippen LogP contribution in [-0.2, 0) is 0 Å². The van der Waals surface area contributed by atoms with Gasteiger partial charge in [0, 0.05) is 11.7 Å². The van der Waals surface area contributed by atoms with Crippen molar-refractivity contribution in [1.82, 2.24) is 5.32 Å². The second-order valence-electron chi connectivity index (χ2n) is 5.14. The number of primary amides is 1. The molecule has 4 heteroatoms. The van der Waals surface area contributed by atoms with E-state index in [4.69, 9.17) is 5.73 Å². The fourth-order valence-corrected chi connectivity index (χ4v) is 2.09. The van der Waals surface area contributed by atoms with Gasteiger partial charge in [0.15, 0.2) is 0 Å². The zero-order valence-electron chi connectivity index (χ0n) is 12.1. The van der Waals surface area contributed by atoms with Crippen LogP contribution in [0.2, 0.25) is 0 Å². The van der Waals surface area contributed by atoms with E-state index >= 15 is 0 Å². The maximum absolute atomic E-state index is 10.7. The molecule has 0 aromatic heterocycles. The van der Waals surface area contributed by atoms with Crippen LogP contribution in [0.5, 0.6) is 0 Å². The zero-order chi connectivity index (χ0) is 14.3. The summed E-state index contributed by atoms with van der Waals surface area (Å²) in [6.07, 6.45) is 2.48. The summed E-state index contributed by atoms with van der Waals surface area (Å²) in [6.45, 7) is 7.65. The van der Waals surface area contributed by atoms with Gasteiger partial charge in [-0.2, -0.15) is 0 Å². The van der Waals surface area contributed by atoms with Crippen molar-refractivity contribution < 1.29 is 4.79 Å². The molecular weight excluding hydrogens is 238 g/mol. The number of anilines is 1. The van der Waals surface area contributed by atoms with Crippen LogP contribution in [0.1, 0.15) is 45.2 Å². The van der Waals surface area contributed by atoms with Gasteiger partial charge in [-0.1, -0.05) is 32.4 Å². The Morgan fingerprint density at radius 2 is 1.89 bits per heavy atom. The third-order valence-corrected chi connectivity index (χ3v) is 3.23. The Morgan fingerprint density at radius 1 is 1.26 bits per heavy atom. The summed E-state index contributed by atoms with van der Waals surface area (Å²) >= 11 is 0. The molecule has 0 radical (unpaired) electrons. The lowest BCUT2D eigenvalue weighted by Crippen LogP contribution is -2.24. The van der Waals surface area contributed by atoms with E-state index in [9.17, 15) is 4.79 Å². The van der Waals surface area contributed by atoms with Gasteiger partial charge in [0.1, 0.15) is 0 Å². The molecule has 0 saturated heterocycles. The second-order valence-corrected chi connectivity index (χ2v) is 5.14. The standard InChI is InChI=1S/C15H25N3O/c1-4-5-11(2)10-17-12(3)13-6-8-14(9-7-13)18-15(16)19/h6-9,11-12,17H,4-5,10H2,1-3H3,(H3,16,18,19). The summed E-state index contributed by atoms with van der Waals surface area (Å²) in [5.41, 5.74) is 7.00. The predicted octanol–water partition coefficient (Wildman–Crippen LogP) is 3.26. The van der Waals surface area contributed by atoms with Gasteiger partial charge in [0.2, 0.25) is 0 Å². The molecule has 2 atom stereocenters. The van der Waals surface area contributed by atoms with Crippen molar-refractivity contribution in [2.75, 3.05) is 11.9 Å². The van der Waals surface area contributed by atoms with Gasteiger partial charge in [0.25, 0.3) is 0 Å². The van der Waals surface area contributed by atoms with E-state index in [2.05, 4.69) is 31.4 Å². The van der Waals surface area contributed by atoms with E-state index in [0.717, 1.165) is 12.2 Å². The van der Waals surface area contributed by atoms with Gasteiger partial charge >= 0.3 is 6.03 Å². The minimum atomic E-state index is -0.535. The summed E-state index contributed by atoms with van der Waals surface area (Å²) in [7, 11) is 0.